The molecule has 0 aromatic carbocycles. The fourth-order valence-corrected chi connectivity index (χ4v) is 1.14. The van der Waals surface area contributed by atoms with Crippen molar-refractivity contribution in [2.75, 3.05) is 7.05 Å². The van der Waals surface area contributed by atoms with E-state index in [0.717, 1.165) is 12.8 Å². The van der Waals surface area contributed by atoms with Crippen molar-refractivity contribution in [2.24, 2.45) is 21.6 Å². The van der Waals surface area contributed by atoms with Crippen molar-refractivity contribution in [2.45, 2.75) is 12.8 Å². The second-order valence-corrected chi connectivity index (χ2v) is 3.57. The summed E-state index contributed by atoms with van der Waals surface area (Å²) in [6.45, 7) is 3.31. The van der Waals surface area contributed by atoms with Crippen LogP contribution in [0.4, 0.5) is 0 Å². The summed E-state index contributed by atoms with van der Waals surface area (Å²) in [5.74, 6) is 0.261. The van der Waals surface area contributed by atoms with Crippen LogP contribution < -0.4 is 11.1 Å². The molecule has 15 heavy (non-hydrogen) atoms. The monoisotopic (exact) mass is 228 g/mol. The van der Waals surface area contributed by atoms with E-state index in [9.17, 15) is 4.79 Å². The van der Waals surface area contributed by atoms with E-state index in [0.29, 0.717) is 0 Å². The number of nitrogens with two attached hydrogens (primary N) is 1. The Bertz CT molecular complexity index is 344. The molecule has 0 heterocycles. The summed E-state index contributed by atoms with van der Waals surface area (Å²) in [5, 5.41) is 2.67. The Morgan fingerprint density at radius 2 is 2.20 bits per heavy atom. The third kappa shape index (κ3) is 3.06. The number of carbonyl (C=O) groups is 1. The summed E-state index contributed by atoms with van der Waals surface area (Å²) < 4.78 is 0. The molecule has 0 aromatic rings. The Labute approximate surface area is 93.1 Å². The van der Waals surface area contributed by atoms with Gasteiger partial charge in [-0.2, -0.15) is 0 Å². The molecule has 0 spiro atoms. The summed E-state index contributed by atoms with van der Waals surface area (Å²) >= 11 is 5.84. The molecule has 1 amide bonds. The maximum atomic E-state index is 11.4. The molecule has 0 radical (unpaired) electrons. The van der Waals surface area contributed by atoms with Crippen molar-refractivity contribution in [3.05, 3.63) is 10.9 Å². The quantitative estimate of drug-likeness (QED) is 0.546. The zero-order valence-electron chi connectivity index (χ0n) is 8.46. The smallest absolute Gasteiger partial charge is 0.228 e. The van der Waals surface area contributed by atoms with E-state index in [-0.39, 0.29) is 28.5 Å². The molecule has 1 rings (SSSR count). The molecule has 1 aliphatic rings. The third-order valence-electron chi connectivity index (χ3n) is 2.02. The normalized spacial score (nSPS) is 18.1. The molecule has 82 valence electrons. The first-order valence-corrected chi connectivity index (χ1v) is 4.88. The second-order valence-electron chi connectivity index (χ2n) is 3.19. The Morgan fingerprint density at radius 1 is 1.60 bits per heavy atom. The summed E-state index contributed by atoms with van der Waals surface area (Å²) in [6.07, 6.45) is 1.82. The lowest BCUT2D eigenvalue weighted by molar-refractivity contribution is -0.121. The number of amides is 1. The van der Waals surface area contributed by atoms with Crippen molar-refractivity contribution in [1.29, 1.82) is 0 Å². The van der Waals surface area contributed by atoms with E-state index in [1.54, 1.807) is 0 Å². The molecule has 0 bridgehead atoms. The van der Waals surface area contributed by atoms with Crippen LogP contribution in [0, 0.1) is 5.92 Å². The number of nitrogens with zero attached hydrogens (tertiary/aromatic N) is 2. The van der Waals surface area contributed by atoms with Crippen molar-refractivity contribution in [3.8, 4) is 0 Å². The van der Waals surface area contributed by atoms with E-state index in [2.05, 4.69) is 22.0 Å². The van der Waals surface area contributed by atoms with Gasteiger partial charge in [0.15, 0.2) is 5.82 Å². The summed E-state index contributed by atoms with van der Waals surface area (Å²) in [6, 6.07) is 0. The van der Waals surface area contributed by atoms with Gasteiger partial charge in [0, 0.05) is 13.0 Å². The lowest BCUT2D eigenvalue weighted by Gasteiger charge is -2.06. The van der Waals surface area contributed by atoms with Crippen LogP contribution in [-0.2, 0) is 4.79 Å². The van der Waals surface area contributed by atoms with Crippen LogP contribution >= 0.6 is 11.6 Å². The molecule has 5 nitrogen and oxygen atoms in total. The van der Waals surface area contributed by atoms with Crippen LogP contribution in [0.3, 0.4) is 0 Å². The second kappa shape index (κ2) is 4.93. The van der Waals surface area contributed by atoms with Gasteiger partial charge in [-0.15, -0.1) is 0 Å². The van der Waals surface area contributed by atoms with Gasteiger partial charge in [0.05, 0.1) is 0 Å². The number of halogens is 1. The molecule has 3 N–H and O–H groups in total. The Hall–Kier alpha value is -1.36. The first-order chi connectivity index (χ1) is 7.10. The largest absolute Gasteiger partial charge is 0.383 e. The number of rotatable bonds is 4. The standard InChI is InChI=1S/C9H13ClN4O/c1-12-7(11)6(10)8(13-2)14-9(15)5-3-4-5/h5H,2-4H2,1H3,(H2,11,12)(H,14,15)/b8-6-. The predicted octanol–water partition coefficient (Wildman–Crippen LogP) is 0.608. The fourth-order valence-electron chi connectivity index (χ4n) is 0.948. The average Bonchev–Trinajstić information content (AvgIpc) is 3.06. The van der Waals surface area contributed by atoms with Gasteiger partial charge in [-0.05, 0) is 19.6 Å². The number of hydrogen-bond acceptors (Lipinski definition) is 3. The van der Waals surface area contributed by atoms with E-state index >= 15 is 0 Å². The van der Waals surface area contributed by atoms with Gasteiger partial charge in [-0.1, -0.05) is 11.6 Å². The molecule has 0 unspecified atom stereocenters. The highest BCUT2D eigenvalue weighted by Gasteiger charge is 2.30. The Morgan fingerprint density at radius 3 is 2.60 bits per heavy atom. The third-order valence-corrected chi connectivity index (χ3v) is 2.39. The van der Waals surface area contributed by atoms with Crippen LogP contribution in [0.2, 0.25) is 0 Å². The molecule has 1 saturated carbocycles. The minimum atomic E-state index is -0.0977. The van der Waals surface area contributed by atoms with Gasteiger partial charge in [0.25, 0.3) is 0 Å². The van der Waals surface area contributed by atoms with Crippen LogP contribution in [0.15, 0.2) is 20.8 Å². The zero-order valence-corrected chi connectivity index (χ0v) is 9.21. The Balaban J connectivity index is 2.77. The molecule has 1 aliphatic carbocycles. The summed E-state index contributed by atoms with van der Waals surface area (Å²) in [4.78, 5) is 18.7. The molecule has 0 aliphatic heterocycles. The Kier molecular flexibility index (Phi) is 3.85. The van der Waals surface area contributed by atoms with E-state index in [1.165, 1.54) is 7.05 Å². The maximum Gasteiger partial charge on any atom is 0.228 e. The topological polar surface area (TPSA) is 79.8 Å². The average molecular weight is 229 g/mol. The molecule has 6 heteroatoms. The first kappa shape index (κ1) is 11.7. The van der Waals surface area contributed by atoms with Gasteiger partial charge >= 0.3 is 0 Å². The zero-order chi connectivity index (χ0) is 11.4. The van der Waals surface area contributed by atoms with Gasteiger partial charge in [-0.3, -0.25) is 9.79 Å². The minimum Gasteiger partial charge on any atom is -0.383 e. The number of nitrogens with one attached hydrogen (secondary N) is 1. The van der Waals surface area contributed by atoms with Crippen LogP contribution in [0.1, 0.15) is 12.8 Å². The van der Waals surface area contributed by atoms with Crippen molar-refractivity contribution in [3.63, 3.8) is 0 Å². The number of carbonyl (C=O) groups excluding carboxylic acids is 1. The molecular weight excluding hydrogens is 216 g/mol. The first-order valence-electron chi connectivity index (χ1n) is 4.50. The van der Waals surface area contributed by atoms with E-state index in [4.69, 9.17) is 17.3 Å². The highest BCUT2D eigenvalue weighted by atomic mass is 35.5. The number of amidine groups is 1. The molecule has 1 fully saturated rings. The summed E-state index contributed by atoms with van der Waals surface area (Å²) in [7, 11) is 1.50. The molecule has 0 aromatic heterocycles. The van der Waals surface area contributed by atoms with Crippen LogP contribution in [-0.4, -0.2) is 25.5 Å². The molecule has 0 atom stereocenters. The van der Waals surface area contributed by atoms with E-state index < -0.39 is 0 Å². The van der Waals surface area contributed by atoms with Crippen molar-refractivity contribution in [1.82, 2.24) is 5.32 Å². The lowest BCUT2D eigenvalue weighted by atomic mass is 10.4. The van der Waals surface area contributed by atoms with E-state index in [1.807, 2.05) is 0 Å². The maximum absolute atomic E-state index is 11.4. The van der Waals surface area contributed by atoms with Crippen LogP contribution in [0.5, 0.6) is 0 Å². The highest BCUT2D eigenvalue weighted by molar-refractivity contribution is 6.43. The minimum absolute atomic E-state index is 0.0750. The van der Waals surface area contributed by atoms with Gasteiger partial charge in [0.2, 0.25) is 5.91 Å². The highest BCUT2D eigenvalue weighted by Crippen LogP contribution is 2.29. The lowest BCUT2D eigenvalue weighted by Crippen LogP contribution is -2.26. The van der Waals surface area contributed by atoms with Gasteiger partial charge < -0.3 is 11.1 Å². The number of aliphatic imine (C=N–C) groups is 2. The van der Waals surface area contributed by atoms with Gasteiger partial charge in [-0.25, -0.2) is 4.99 Å². The van der Waals surface area contributed by atoms with Gasteiger partial charge in [0.1, 0.15) is 10.9 Å². The molecular formula is C9H13ClN4O. The SMILES string of the molecule is C=N/C(NC(=O)C1CC1)=C(Cl)\C(N)=N/C. The number of hydrogen-bond donors (Lipinski definition) is 2. The fraction of sp³-hybridized carbons (Fsp3) is 0.444. The predicted molar refractivity (Wildman–Crippen MR) is 60.8 cm³/mol. The molecule has 0 saturated heterocycles. The van der Waals surface area contributed by atoms with Crippen LogP contribution in [0.25, 0.3) is 0 Å². The van der Waals surface area contributed by atoms with Crippen molar-refractivity contribution >= 4 is 30.1 Å². The summed E-state index contributed by atoms with van der Waals surface area (Å²) in [5.41, 5.74) is 5.48. The van der Waals surface area contributed by atoms with Crippen molar-refractivity contribution < 1.29 is 4.79 Å².